The maximum atomic E-state index is 12.4. The van der Waals surface area contributed by atoms with E-state index >= 15 is 0 Å². The van der Waals surface area contributed by atoms with Crippen molar-refractivity contribution in [1.82, 2.24) is 15.5 Å². The van der Waals surface area contributed by atoms with Crippen molar-refractivity contribution in [1.29, 1.82) is 5.26 Å². The Morgan fingerprint density at radius 2 is 2.06 bits per heavy atom. The fourth-order valence-electron chi connectivity index (χ4n) is 3.97. The first-order valence-corrected chi connectivity index (χ1v) is 10.5. The van der Waals surface area contributed by atoms with Gasteiger partial charge < -0.3 is 20.3 Å². The molecule has 2 heterocycles. The molecule has 2 unspecified atom stereocenters. The van der Waals surface area contributed by atoms with Crippen LogP contribution in [0.25, 0.3) is 11.1 Å². The van der Waals surface area contributed by atoms with Crippen LogP contribution in [0.5, 0.6) is 0 Å². The Morgan fingerprint density at radius 3 is 2.84 bits per heavy atom. The van der Waals surface area contributed by atoms with Crippen LogP contribution in [0.2, 0.25) is 0 Å². The second kappa shape index (κ2) is 9.29. The Hall–Kier alpha value is -3.21. The van der Waals surface area contributed by atoms with E-state index in [9.17, 15) is 14.9 Å². The Kier molecular flexibility index (Phi) is 6.31. The summed E-state index contributed by atoms with van der Waals surface area (Å²) in [5.41, 5.74) is 4.74. The van der Waals surface area contributed by atoms with E-state index in [-0.39, 0.29) is 11.8 Å². The van der Waals surface area contributed by atoms with Gasteiger partial charge in [0, 0.05) is 38.7 Å². The summed E-state index contributed by atoms with van der Waals surface area (Å²) in [5, 5.41) is 15.5. The number of nitriles is 1. The average molecular weight is 418 g/mol. The monoisotopic (exact) mass is 418 g/mol. The van der Waals surface area contributed by atoms with Crippen LogP contribution in [0.4, 0.5) is 0 Å². The third kappa shape index (κ3) is 4.76. The fraction of sp³-hybridized carbons (Fsp3) is 0.375. The van der Waals surface area contributed by atoms with Crippen molar-refractivity contribution in [2.45, 2.75) is 31.5 Å². The van der Waals surface area contributed by atoms with Gasteiger partial charge in [-0.15, -0.1) is 0 Å². The quantitative estimate of drug-likeness (QED) is 0.773. The summed E-state index contributed by atoms with van der Waals surface area (Å²) in [6, 6.07) is 15.4. The van der Waals surface area contributed by atoms with Crippen molar-refractivity contribution in [2.24, 2.45) is 0 Å². The highest BCUT2D eigenvalue weighted by atomic mass is 16.5. The smallest absolute Gasteiger partial charge is 0.254 e. The molecule has 0 aliphatic carbocycles. The van der Waals surface area contributed by atoms with Crippen LogP contribution >= 0.6 is 0 Å². The van der Waals surface area contributed by atoms with Crippen LogP contribution in [0, 0.1) is 11.3 Å². The molecule has 7 heteroatoms. The molecule has 0 aromatic heterocycles. The highest BCUT2D eigenvalue weighted by molar-refractivity contribution is 5.99. The molecule has 2 amide bonds. The lowest BCUT2D eigenvalue weighted by atomic mass is 9.98. The number of fused-ring (bicyclic) bond motifs is 1. The summed E-state index contributed by atoms with van der Waals surface area (Å²) in [6.45, 7) is 2.47. The zero-order chi connectivity index (χ0) is 21.8. The first kappa shape index (κ1) is 21.0. The molecule has 7 nitrogen and oxygen atoms in total. The van der Waals surface area contributed by atoms with E-state index in [1.165, 1.54) is 0 Å². The molecule has 2 aromatic carbocycles. The van der Waals surface area contributed by atoms with Gasteiger partial charge >= 0.3 is 0 Å². The lowest BCUT2D eigenvalue weighted by molar-refractivity contribution is -0.132. The van der Waals surface area contributed by atoms with Crippen molar-refractivity contribution in [2.75, 3.05) is 26.7 Å². The van der Waals surface area contributed by atoms with E-state index in [1.807, 2.05) is 42.5 Å². The number of nitrogens with one attached hydrogen (secondary N) is 2. The summed E-state index contributed by atoms with van der Waals surface area (Å²) in [6.07, 6.45) is 0.713. The molecule has 160 valence electrons. The third-order valence-corrected chi connectivity index (χ3v) is 5.73. The molecular formula is C24H26N4O3. The van der Waals surface area contributed by atoms with Gasteiger partial charge in [0.2, 0.25) is 0 Å². The minimum Gasteiger partial charge on any atom is -0.367 e. The Labute approximate surface area is 182 Å². The molecule has 4 rings (SSSR count). The van der Waals surface area contributed by atoms with Crippen molar-refractivity contribution in [3.63, 3.8) is 0 Å². The zero-order valence-electron chi connectivity index (χ0n) is 17.6. The second-order valence-electron chi connectivity index (χ2n) is 8.04. The van der Waals surface area contributed by atoms with Crippen LogP contribution in [0.15, 0.2) is 42.5 Å². The predicted molar refractivity (Wildman–Crippen MR) is 116 cm³/mol. The number of ether oxygens (including phenoxy) is 1. The van der Waals surface area contributed by atoms with Crippen molar-refractivity contribution in [3.8, 4) is 17.2 Å². The number of amides is 2. The highest BCUT2D eigenvalue weighted by Gasteiger charge is 2.25. The van der Waals surface area contributed by atoms with Crippen molar-refractivity contribution < 1.29 is 14.3 Å². The molecule has 1 fully saturated rings. The van der Waals surface area contributed by atoms with Crippen LogP contribution in [-0.2, 0) is 22.5 Å². The Balaban J connectivity index is 1.40. The molecule has 2 aliphatic rings. The summed E-state index contributed by atoms with van der Waals surface area (Å²) in [4.78, 5) is 26.4. The molecule has 2 atom stereocenters. The molecule has 0 spiro atoms. The predicted octanol–water partition coefficient (Wildman–Crippen LogP) is 1.87. The van der Waals surface area contributed by atoms with E-state index < -0.39 is 12.1 Å². The highest BCUT2D eigenvalue weighted by Crippen LogP contribution is 2.28. The number of hydrogen-bond acceptors (Lipinski definition) is 5. The van der Waals surface area contributed by atoms with Crippen molar-refractivity contribution in [3.05, 3.63) is 59.2 Å². The molecule has 31 heavy (non-hydrogen) atoms. The van der Waals surface area contributed by atoms with Gasteiger partial charge in [-0.25, -0.2) is 0 Å². The van der Waals surface area contributed by atoms with Gasteiger partial charge in [-0.3, -0.25) is 9.59 Å². The first-order chi connectivity index (χ1) is 15.0. The summed E-state index contributed by atoms with van der Waals surface area (Å²) in [7, 11) is 1.81. The molecule has 1 saturated heterocycles. The topological polar surface area (TPSA) is 94.5 Å². The van der Waals surface area contributed by atoms with E-state index in [4.69, 9.17) is 4.74 Å². The molecule has 2 N–H and O–H groups in total. The molecule has 0 bridgehead atoms. The molecule has 0 saturated carbocycles. The average Bonchev–Trinajstić information content (AvgIpc) is 2.96. The van der Waals surface area contributed by atoms with Crippen LogP contribution in [-0.4, -0.2) is 55.6 Å². The Bertz CT molecular complexity index is 1000. The number of nitrogens with zero attached hydrogens (tertiary/aromatic N) is 2. The number of hydrogen-bond donors (Lipinski definition) is 2. The maximum absolute atomic E-state index is 12.4. The molecular weight excluding hydrogens is 392 g/mol. The SMILES string of the molecule is CN1Cc2ccc(-c3ccc(CC(C#N)NC(=O)C4CNCCCO4)cc3)cc2C1=O. The van der Waals surface area contributed by atoms with Gasteiger partial charge in [-0.2, -0.15) is 5.26 Å². The maximum Gasteiger partial charge on any atom is 0.254 e. The number of rotatable bonds is 5. The number of carbonyl (C=O) groups is 2. The van der Waals surface area contributed by atoms with Gasteiger partial charge in [-0.05, 0) is 41.3 Å². The molecule has 0 radical (unpaired) electrons. The zero-order valence-corrected chi connectivity index (χ0v) is 17.6. The van der Waals surface area contributed by atoms with Gasteiger partial charge in [0.15, 0.2) is 0 Å². The number of carbonyl (C=O) groups excluding carboxylic acids is 2. The fourth-order valence-corrected chi connectivity index (χ4v) is 3.97. The normalized spacial score (nSPS) is 19.3. The van der Waals surface area contributed by atoms with E-state index in [0.29, 0.717) is 26.1 Å². The van der Waals surface area contributed by atoms with Crippen LogP contribution < -0.4 is 10.6 Å². The van der Waals surface area contributed by atoms with Crippen LogP contribution in [0.3, 0.4) is 0 Å². The molecule has 2 aromatic rings. The largest absolute Gasteiger partial charge is 0.367 e. The van der Waals surface area contributed by atoms with Gasteiger partial charge in [0.05, 0.1) is 6.07 Å². The second-order valence-corrected chi connectivity index (χ2v) is 8.04. The van der Waals surface area contributed by atoms with Crippen molar-refractivity contribution >= 4 is 11.8 Å². The van der Waals surface area contributed by atoms with Gasteiger partial charge in [-0.1, -0.05) is 36.4 Å². The van der Waals surface area contributed by atoms with Gasteiger partial charge in [0.25, 0.3) is 11.8 Å². The summed E-state index contributed by atoms with van der Waals surface area (Å²) < 4.78 is 5.56. The van der Waals surface area contributed by atoms with Crippen LogP contribution in [0.1, 0.15) is 27.9 Å². The lowest BCUT2D eigenvalue weighted by Gasteiger charge is -2.18. The Morgan fingerprint density at radius 1 is 1.29 bits per heavy atom. The third-order valence-electron chi connectivity index (χ3n) is 5.73. The minimum absolute atomic E-state index is 0.0499. The lowest BCUT2D eigenvalue weighted by Crippen LogP contribution is -2.46. The minimum atomic E-state index is -0.627. The first-order valence-electron chi connectivity index (χ1n) is 10.5. The molecule has 2 aliphatic heterocycles. The summed E-state index contributed by atoms with van der Waals surface area (Å²) >= 11 is 0. The van der Waals surface area contributed by atoms with E-state index in [2.05, 4.69) is 16.7 Å². The van der Waals surface area contributed by atoms with E-state index in [1.54, 1.807) is 11.9 Å². The van der Waals surface area contributed by atoms with E-state index in [0.717, 1.165) is 40.8 Å². The van der Waals surface area contributed by atoms with Gasteiger partial charge in [0.1, 0.15) is 12.1 Å². The standard InChI is InChI=1S/C24H26N4O3/c1-28-15-19-8-7-18(12-21(19)24(28)30)17-5-3-16(4-6-17)11-20(13-25)27-23(29)22-14-26-9-2-10-31-22/h3-8,12,20,22,26H,2,9-11,14-15H2,1H3,(H,27,29). The number of benzene rings is 2. The summed E-state index contributed by atoms with van der Waals surface area (Å²) in [5.74, 6) is -0.209.